The molecule has 2 aromatic rings. The van der Waals surface area contributed by atoms with Gasteiger partial charge in [-0.05, 0) is 80.4 Å². The fourth-order valence-corrected chi connectivity index (χ4v) is 5.74. The molecule has 6 nitrogen and oxygen atoms in total. The molecule has 1 atom stereocenters. The Morgan fingerprint density at radius 1 is 1.23 bits per heavy atom. The molecule has 4 rings (SSSR count). The van der Waals surface area contributed by atoms with Gasteiger partial charge in [0.25, 0.3) is 0 Å². The van der Waals surface area contributed by atoms with Crippen LogP contribution in [0.1, 0.15) is 112 Å². The molecule has 1 aromatic heterocycles. The molecule has 35 heavy (non-hydrogen) atoms. The van der Waals surface area contributed by atoms with Gasteiger partial charge >= 0.3 is 5.97 Å². The SMILES string of the molecule is Cc1ccc(NC(=O)C[C@@H](CCC(=O)O)c2noc([C@H]3C[C@@H](CC(C)(C)C)C3)c2C2CC2)c(Cl)c1. The minimum Gasteiger partial charge on any atom is -0.481 e. The van der Waals surface area contributed by atoms with Gasteiger partial charge in [-0.1, -0.05) is 43.6 Å². The van der Waals surface area contributed by atoms with Gasteiger partial charge in [-0.3, -0.25) is 9.59 Å². The molecule has 0 saturated heterocycles. The Balaban J connectivity index is 1.51. The summed E-state index contributed by atoms with van der Waals surface area (Å²) in [5.74, 6) is 1.08. The monoisotopic (exact) mass is 500 g/mol. The summed E-state index contributed by atoms with van der Waals surface area (Å²) in [5.41, 5.74) is 3.82. The fraction of sp³-hybridized carbons (Fsp3) is 0.607. The number of amides is 1. The number of anilines is 1. The maximum Gasteiger partial charge on any atom is 0.303 e. The van der Waals surface area contributed by atoms with Crippen molar-refractivity contribution >= 4 is 29.2 Å². The molecule has 7 heteroatoms. The molecule has 0 unspecified atom stereocenters. The highest BCUT2D eigenvalue weighted by atomic mass is 35.5. The van der Waals surface area contributed by atoms with Crippen LogP contribution in [0.15, 0.2) is 22.7 Å². The minimum atomic E-state index is -0.877. The standard InChI is InChI=1S/C28H37ClN2O4/c1-16-5-9-22(21(29)11-16)30-23(32)14-19(8-10-24(33)34)26-25(18-6-7-18)27(35-31-26)20-12-17(13-20)15-28(2,3)4/h5,9,11,17-20H,6-8,10,12-15H2,1-4H3,(H,30,32)(H,33,34)/t17-,19-,20+/m1/s1. The van der Waals surface area contributed by atoms with Crippen molar-refractivity contribution in [3.05, 3.63) is 45.8 Å². The normalized spacial score (nSPS) is 20.8. The van der Waals surface area contributed by atoms with E-state index in [-0.39, 0.29) is 24.7 Å². The van der Waals surface area contributed by atoms with Crippen molar-refractivity contribution in [2.24, 2.45) is 11.3 Å². The summed E-state index contributed by atoms with van der Waals surface area (Å²) in [5, 5.41) is 17.2. The number of nitrogens with one attached hydrogen (secondary N) is 1. The molecule has 1 amide bonds. The van der Waals surface area contributed by atoms with E-state index >= 15 is 0 Å². The fourth-order valence-electron chi connectivity index (χ4n) is 5.46. The number of carbonyl (C=O) groups excluding carboxylic acids is 1. The zero-order valence-electron chi connectivity index (χ0n) is 21.2. The van der Waals surface area contributed by atoms with Crippen LogP contribution in [-0.4, -0.2) is 22.1 Å². The molecule has 1 aromatic carbocycles. The van der Waals surface area contributed by atoms with Crippen LogP contribution in [0.25, 0.3) is 0 Å². The van der Waals surface area contributed by atoms with Crippen molar-refractivity contribution in [3.8, 4) is 0 Å². The second kappa shape index (κ2) is 10.3. The molecule has 0 radical (unpaired) electrons. The number of hydrogen-bond acceptors (Lipinski definition) is 4. The molecule has 1 heterocycles. The van der Waals surface area contributed by atoms with Crippen molar-refractivity contribution < 1.29 is 19.2 Å². The van der Waals surface area contributed by atoms with E-state index in [0.717, 1.165) is 48.3 Å². The van der Waals surface area contributed by atoms with Crippen molar-refractivity contribution in [3.63, 3.8) is 0 Å². The van der Waals surface area contributed by atoms with Gasteiger partial charge in [-0.15, -0.1) is 0 Å². The molecule has 2 N–H and O–H groups in total. The number of benzene rings is 1. The zero-order chi connectivity index (χ0) is 25.3. The van der Waals surface area contributed by atoms with E-state index in [4.69, 9.17) is 16.1 Å². The number of aromatic nitrogens is 1. The third kappa shape index (κ3) is 6.66. The van der Waals surface area contributed by atoms with Gasteiger partial charge in [0.1, 0.15) is 5.76 Å². The highest BCUT2D eigenvalue weighted by Gasteiger charge is 2.42. The van der Waals surface area contributed by atoms with E-state index in [9.17, 15) is 14.7 Å². The van der Waals surface area contributed by atoms with Gasteiger partial charge in [-0.2, -0.15) is 0 Å². The number of hydrogen-bond donors (Lipinski definition) is 2. The number of carboxylic acids is 1. The lowest BCUT2D eigenvalue weighted by molar-refractivity contribution is -0.137. The summed E-state index contributed by atoms with van der Waals surface area (Å²) in [6.07, 6.45) is 6.06. The smallest absolute Gasteiger partial charge is 0.303 e. The largest absolute Gasteiger partial charge is 0.481 e. The van der Waals surface area contributed by atoms with E-state index < -0.39 is 5.97 Å². The van der Waals surface area contributed by atoms with Gasteiger partial charge in [-0.25, -0.2) is 0 Å². The maximum absolute atomic E-state index is 13.0. The topological polar surface area (TPSA) is 92.4 Å². The predicted octanol–water partition coefficient (Wildman–Crippen LogP) is 7.42. The van der Waals surface area contributed by atoms with Crippen molar-refractivity contribution in [2.45, 2.75) is 96.8 Å². The lowest BCUT2D eigenvalue weighted by atomic mass is 9.66. The number of halogens is 1. The van der Waals surface area contributed by atoms with Crippen LogP contribution >= 0.6 is 11.6 Å². The molecule has 2 aliphatic rings. The van der Waals surface area contributed by atoms with Crippen molar-refractivity contribution in [2.75, 3.05) is 5.32 Å². The highest BCUT2D eigenvalue weighted by Crippen LogP contribution is 2.53. The Hall–Kier alpha value is -2.34. The first-order valence-electron chi connectivity index (χ1n) is 12.8. The van der Waals surface area contributed by atoms with Gasteiger partial charge in [0.15, 0.2) is 0 Å². The zero-order valence-corrected chi connectivity index (χ0v) is 22.0. The summed E-state index contributed by atoms with van der Waals surface area (Å²) in [4.78, 5) is 24.4. The third-order valence-corrected chi connectivity index (χ3v) is 7.51. The van der Waals surface area contributed by atoms with E-state index in [0.29, 0.717) is 40.3 Å². The molecule has 0 bridgehead atoms. The van der Waals surface area contributed by atoms with Gasteiger partial charge in [0.2, 0.25) is 5.91 Å². The molecule has 2 saturated carbocycles. The van der Waals surface area contributed by atoms with E-state index in [2.05, 4.69) is 31.2 Å². The lowest BCUT2D eigenvalue weighted by Crippen LogP contribution is -2.26. The first-order chi connectivity index (χ1) is 16.5. The molecule has 2 fully saturated rings. The Labute approximate surface area is 212 Å². The predicted molar refractivity (Wildman–Crippen MR) is 137 cm³/mol. The van der Waals surface area contributed by atoms with Crippen LogP contribution in [0.3, 0.4) is 0 Å². The van der Waals surface area contributed by atoms with Gasteiger partial charge < -0.3 is 14.9 Å². The first kappa shape index (κ1) is 25.7. The third-order valence-electron chi connectivity index (χ3n) is 7.20. The molecule has 0 spiro atoms. The second-order valence-corrected chi connectivity index (χ2v) is 12.2. The molecular weight excluding hydrogens is 464 g/mol. The summed E-state index contributed by atoms with van der Waals surface area (Å²) < 4.78 is 5.95. The summed E-state index contributed by atoms with van der Waals surface area (Å²) in [6, 6.07) is 5.49. The van der Waals surface area contributed by atoms with E-state index in [1.807, 2.05) is 13.0 Å². The van der Waals surface area contributed by atoms with Crippen LogP contribution in [0, 0.1) is 18.3 Å². The molecule has 0 aliphatic heterocycles. The van der Waals surface area contributed by atoms with Gasteiger partial charge in [0.05, 0.1) is 16.4 Å². The Morgan fingerprint density at radius 2 is 1.94 bits per heavy atom. The lowest BCUT2D eigenvalue weighted by Gasteiger charge is -2.38. The van der Waals surface area contributed by atoms with Crippen molar-refractivity contribution in [1.82, 2.24) is 5.16 Å². The second-order valence-electron chi connectivity index (χ2n) is 11.8. The summed E-state index contributed by atoms with van der Waals surface area (Å²) >= 11 is 6.30. The maximum atomic E-state index is 13.0. The van der Waals surface area contributed by atoms with Crippen LogP contribution in [0.4, 0.5) is 5.69 Å². The number of rotatable bonds is 10. The average molecular weight is 501 g/mol. The number of aryl methyl sites for hydroxylation is 1. The number of carboxylic acid groups (broad SMARTS) is 1. The number of nitrogens with zero attached hydrogens (tertiary/aromatic N) is 1. The Morgan fingerprint density at radius 3 is 2.54 bits per heavy atom. The van der Waals surface area contributed by atoms with Crippen LogP contribution < -0.4 is 5.32 Å². The number of carbonyl (C=O) groups is 2. The van der Waals surface area contributed by atoms with Crippen LogP contribution in [0.2, 0.25) is 5.02 Å². The van der Waals surface area contributed by atoms with E-state index in [1.54, 1.807) is 12.1 Å². The minimum absolute atomic E-state index is 0.0212. The quantitative estimate of drug-likeness (QED) is 0.354. The average Bonchev–Trinajstić information content (AvgIpc) is 3.47. The van der Waals surface area contributed by atoms with Gasteiger partial charge in [0, 0.05) is 30.2 Å². The van der Waals surface area contributed by atoms with E-state index in [1.165, 1.54) is 6.42 Å². The van der Waals surface area contributed by atoms with Crippen LogP contribution in [0.5, 0.6) is 0 Å². The molecule has 2 aliphatic carbocycles. The number of aliphatic carboxylic acids is 1. The first-order valence-corrected chi connectivity index (χ1v) is 13.1. The highest BCUT2D eigenvalue weighted by molar-refractivity contribution is 6.33. The van der Waals surface area contributed by atoms with Crippen LogP contribution in [-0.2, 0) is 9.59 Å². The summed E-state index contributed by atoms with van der Waals surface area (Å²) in [6.45, 7) is 8.79. The molecular formula is C28H37ClN2O4. The summed E-state index contributed by atoms with van der Waals surface area (Å²) in [7, 11) is 0. The Kier molecular flexibility index (Phi) is 7.60. The van der Waals surface area contributed by atoms with Crippen molar-refractivity contribution in [1.29, 1.82) is 0 Å². The molecule has 190 valence electrons. The Bertz CT molecular complexity index is 1080.